The third kappa shape index (κ3) is 22.4. The lowest BCUT2D eigenvalue weighted by Gasteiger charge is -2.54. The number of carbonyl (C=O) groups excluding carboxylic acids is 6. The standard InChI is InChI=1S/C107H114N2O25Si/c1-67(110)52-57-85(111)130-97-95(134-135(7,8)107(3,4)5)91-84(65-123-102(131-91)75-46-28-15-29-47-75)129-106(97)133-89-82(64-117-58-69-34-16-9-17-35-69)127-104(87(93(89)120-61-72-40-22-12-23-41-72)109-100(114)80-50-32-33-51-81(80)101(109)115)132-90-83(66-124-105-96(122-63-74-44-26-14-27-45-74)94(121-62-73-42-24-13-25-43-73)88(68(2)125-105)118-59-70-36-18-10-19-37-70)128-103(126-77-55-53-76(116-6)54-56-77)86(92(90)119-60-71-38-20-11-21-39-71)108-98(112)78-48-30-31-49-79(78)99(108)113/h9-51,53-56,68,82-84,86-97,102-106H,52,57-66H2,1-8H3. The fourth-order valence-corrected chi connectivity index (χ4v) is 19.2. The van der Waals surface area contributed by atoms with Crippen LogP contribution in [0.5, 0.6) is 11.5 Å². The van der Waals surface area contributed by atoms with Crippen LogP contribution < -0.4 is 9.47 Å². The molecular weight excluding hydrogens is 1740 g/mol. The second-order valence-corrected chi connectivity index (χ2v) is 40.9. The van der Waals surface area contributed by atoms with Gasteiger partial charge in [0.15, 0.2) is 39.6 Å². The minimum Gasteiger partial charge on any atom is -0.497 e. The molecule has 21 unspecified atom stereocenters. The zero-order valence-electron chi connectivity index (χ0n) is 76.6. The second kappa shape index (κ2) is 43.9. The molecule has 28 heteroatoms. The summed E-state index contributed by atoms with van der Waals surface area (Å²) in [7, 11) is -1.51. The highest BCUT2D eigenvalue weighted by Crippen LogP contribution is 2.48. The number of fused-ring (bicyclic) bond motifs is 3. The molecule has 10 aromatic carbocycles. The van der Waals surface area contributed by atoms with Crippen molar-refractivity contribution in [2.24, 2.45) is 0 Å². The number of hydrogen-bond acceptors (Lipinski definition) is 25. The fraction of sp³-hybridized carbons (Fsp3) is 0.383. The van der Waals surface area contributed by atoms with Crippen molar-refractivity contribution in [1.29, 1.82) is 0 Å². The summed E-state index contributed by atoms with van der Waals surface area (Å²) in [5, 5.41) is -0.479. The second-order valence-electron chi connectivity index (χ2n) is 36.2. The van der Waals surface area contributed by atoms with Crippen LogP contribution in [-0.4, -0.2) is 203 Å². The quantitative estimate of drug-likeness (QED) is 0.0197. The number of methoxy groups -OCH3 is 1. The minimum atomic E-state index is -3.04. The Hall–Kier alpha value is -11.2. The van der Waals surface area contributed by atoms with Crippen LogP contribution in [0, 0.1) is 0 Å². The summed E-state index contributed by atoms with van der Waals surface area (Å²) in [5.74, 6) is -3.43. The molecule has 4 amide bonds. The van der Waals surface area contributed by atoms with E-state index < -0.39 is 185 Å². The molecule has 0 spiro atoms. The molecule has 0 aliphatic carbocycles. The van der Waals surface area contributed by atoms with E-state index >= 15 is 19.2 Å². The summed E-state index contributed by atoms with van der Waals surface area (Å²) in [6, 6.07) is 82.4. The van der Waals surface area contributed by atoms with Crippen LogP contribution in [0.1, 0.15) is 134 Å². The molecule has 17 rings (SSSR count). The minimum absolute atomic E-state index is 0.0190. The van der Waals surface area contributed by atoms with Crippen molar-refractivity contribution >= 4 is 43.7 Å². The first-order valence-electron chi connectivity index (χ1n) is 46.0. The lowest BCUT2D eigenvalue weighted by molar-refractivity contribution is -0.389. The molecule has 0 N–H and O–H groups in total. The number of benzene rings is 10. The van der Waals surface area contributed by atoms with Crippen LogP contribution >= 0.6 is 0 Å². The highest BCUT2D eigenvalue weighted by Gasteiger charge is 2.64. The lowest BCUT2D eigenvalue weighted by Crippen LogP contribution is -2.72. The van der Waals surface area contributed by atoms with Crippen LogP contribution in [0.15, 0.2) is 285 Å². The monoisotopic (exact) mass is 1850 g/mol. The highest BCUT2D eigenvalue weighted by molar-refractivity contribution is 6.74. The number of esters is 1. The van der Waals surface area contributed by atoms with Crippen molar-refractivity contribution in [2.45, 2.75) is 234 Å². The van der Waals surface area contributed by atoms with Crippen molar-refractivity contribution in [3.05, 3.63) is 346 Å². The molecule has 21 atom stereocenters. The number of hydrogen-bond donors (Lipinski definition) is 0. The van der Waals surface area contributed by atoms with Gasteiger partial charge in [-0.25, -0.2) is 0 Å². The number of nitrogens with zero attached hydrogens (tertiary/aromatic N) is 2. The topological polar surface area (TPSA) is 284 Å². The van der Waals surface area contributed by atoms with Gasteiger partial charge >= 0.3 is 5.97 Å². The Balaban J connectivity index is 0.847. The third-order valence-electron chi connectivity index (χ3n) is 25.9. The van der Waals surface area contributed by atoms with Gasteiger partial charge in [-0.1, -0.05) is 257 Å². The number of rotatable bonds is 38. The van der Waals surface area contributed by atoms with Gasteiger partial charge in [-0.05, 0) is 114 Å². The number of amides is 4. The maximum absolute atomic E-state index is 16.4. The molecule has 706 valence electrons. The van der Waals surface area contributed by atoms with E-state index in [-0.39, 0.29) is 92.9 Å². The van der Waals surface area contributed by atoms with E-state index in [2.05, 4.69) is 33.9 Å². The maximum atomic E-state index is 16.4. The van der Waals surface area contributed by atoms with Crippen molar-refractivity contribution in [2.75, 3.05) is 26.9 Å². The number of ketones is 1. The van der Waals surface area contributed by atoms with Gasteiger partial charge in [0.2, 0.25) is 6.29 Å². The zero-order chi connectivity index (χ0) is 93.7. The van der Waals surface area contributed by atoms with Gasteiger partial charge < -0.3 is 94.5 Å². The fourth-order valence-electron chi connectivity index (χ4n) is 17.9. The molecule has 7 aliphatic rings. The summed E-state index contributed by atoms with van der Waals surface area (Å²) in [5.41, 5.74) is 5.48. The predicted molar refractivity (Wildman–Crippen MR) is 494 cm³/mol. The van der Waals surface area contributed by atoms with Gasteiger partial charge in [-0.15, -0.1) is 0 Å². The van der Waals surface area contributed by atoms with Crippen molar-refractivity contribution in [1.82, 2.24) is 9.80 Å². The number of carbonyl (C=O) groups is 6. The molecule has 0 bridgehead atoms. The molecule has 0 radical (unpaired) electrons. The number of ether oxygens (including phenoxy) is 18. The van der Waals surface area contributed by atoms with E-state index in [1.54, 1.807) is 72.8 Å². The van der Waals surface area contributed by atoms with Gasteiger partial charge in [0.1, 0.15) is 103 Å². The molecule has 7 heterocycles. The van der Waals surface area contributed by atoms with Crippen LogP contribution in [0.2, 0.25) is 18.1 Å². The summed E-state index contributed by atoms with van der Waals surface area (Å²) in [6.45, 7) is 12.4. The number of Topliss-reactive ketones (excluding diaryl/α,β-unsaturated/α-hetero) is 1. The summed E-state index contributed by atoms with van der Waals surface area (Å²) in [6.07, 6.45) is -26.3. The van der Waals surface area contributed by atoms with Crippen molar-refractivity contribution < 1.29 is 118 Å². The molecule has 7 aliphatic heterocycles. The SMILES string of the molecule is COc1ccc(OC2OC(COC3OC(C)C(OCc4ccccc4)C(OCc4ccccc4)C3OCc3ccccc3)C(OC3OC(COCc4ccccc4)C(OC4OC5COC(c6ccccc6)OC5C(O[Si](C)(C)C(C)(C)C)C4OC(=O)CCC(C)=O)C(OCc4ccccc4)C3N3C(=O)c4ccccc4C3=O)C(OCc3ccccc3)C2N2C(=O)c3ccccc3C2=O)cc1. The van der Waals surface area contributed by atoms with Crippen molar-refractivity contribution in [3.63, 3.8) is 0 Å². The van der Waals surface area contributed by atoms with E-state index in [1.165, 1.54) is 14.0 Å². The van der Waals surface area contributed by atoms with Gasteiger partial charge in [0.05, 0.1) is 101 Å². The molecule has 10 aromatic rings. The Morgan fingerprint density at radius 2 is 0.793 bits per heavy atom. The zero-order valence-corrected chi connectivity index (χ0v) is 77.6. The Morgan fingerprint density at radius 1 is 0.393 bits per heavy atom. The van der Waals surface area contributed by atoms with Crippen LogP contribution in [0.4, 0.5) is 0 Å². The summed E-state index contributed by atoms with van der Waals surface area (Å²) < 4.78 is 137. The maximum Gasteiger partial charge on any atom is 0.306 e. The number of imide groups is 2. The molecular formula is C107H114N2O25Si. The average Bonchev–Trinajstić information content (AvgIpc) is 1.65. The van der Waals surface area contributed by atoms with E-state index in [0.29, 0.717) is 22.4 Å². The highest BCUT2D eigenvalue weighted by atomic mass is 28.4. The van der Waals surface area contributed by atoms with Crippen LogP contribution in [0.3, 0.4) is 0 Å². The van der Waals surface area contributed by atoms with Crippen LogP contribution in [-0.2, 0) is 129 Å². The Bertz CT molecular complexity index is 5530. The molecule has 27 nitrogen and oxygen atoms in total. The first kappa shape index (κ1) is 95.5. The first-order valence-corrected chi connectivity index (χ1v) is 48.9. The average molecular weight is 1860 g/mol. The lowest BCUT2D eigenvalue weighted by atomic mass is 9.92. The first-order chi connectivity index (χ1) is 65.6. The van der Waals surface area contributed by atoms with Gasteiger partial charge in [0, 0.05) is 12.0 Å². The van der Waals surface area contributed by atoms with Gasteiger partial charge in [0.25, 0.3) is 23.6 Å². The van der Waals surface area contributed by atoms with E-state index in [0.717, 1.165) is 32.1 Å². The van der Waals surface area contributed by atoms with Crippen LogP contribution in [0.25, 0.3) is 0 Å². The Kier molecular flexibility index (Phi) is 31.0. The summed E-state index contributed by atoms with van der Waals surface area (Å²) >= 11 is 0. The largest absolute Gasteiger partial charge is 0.497 e. The molecule has 5 saturated heterocycles. The normalized spacial score (nSPS) is 27.4. The molecule has 5 fully saturated rings. The summed E-state index contributed by atoms with van der Waals surface area (Å²) in [4.78, 5) is 94.8. The van der Waals surface area contributed by atoms with Crippen molar-refractivity contribution in [3.8, 4) is 11.5 Å². The molecule has 0 saturated carbocycles. The molecule has 135 heavy (non-hydrogen) atoms. The third-order valence-corrected chi connectivity index (χ3v) is 30.4. The predicted octanol–water partition coefficient (Wildman–Crippen LogP) is 16.0. The van der Waals surface area contributed by atoms with E-state index in [9.17, 15) is 9.59 Å². The van der Waals surface area contributed by atoms with Gasteiger partial charge in [-0.3, -0.25) is 33.8 Å². The van der Waals surface area contributed by atoms with Gasteiger partial charge in [-0.2, -0.15) is 0 Å². The Labute approximate surface area is 786 Å². The Morgan fingerprint density at radius 3 is 1.25 bits per heavy atom. The molecule has 0 aromatic heterocycles. The van der Waals surface area contributed by atoms with E-state index in [1.807, 2.05) is 219 Å². The smallest absolute Gasteiger partial charge is 0.306 e. The van der Waals surface area contributed by atoms with E-state index in [4.69, 9.17) is 89.7 Å².